The molecule has 1 unspecified atom stereocenters. The molecule has 0 saturated carbocycles. The molecule has 3 heteroatoms. The van der Waals surface area contributed by atoms with Gasteiger partial charge in [0.2, 0.25) is 0 Å². The van der Waals surface area contributed by atoms with Crippen molar-refractivity contribution in [3.8, 4) is 0 Å². The molecule has 0 aliphatic heterocycles. The van der Waals surface area contributed by atoms with Crippen LogP contribution in [0.4, 0.5) is 0 Å². The topological polar surface area (TPSA) is 37.3 Å². The Morgan fingerprint density at radius 2 is 1.73 bits per heavy atom. The average molecular weight is 233 g/mol. The van der Waals surface area contributed by atoms with Crippen molar-refractivity contribution in [1.82, 2.24) is 0 Å². The third kappa shape index (κ3) is 11.4. The van der Waals surface area contributed by atoms with Crippen molar-refractivity contribution < 1.29 is 9.90 Å². The highest BCUT2D eigenvalue weighted by Gasteiger charge is 1.99. The molecular formula is C12H21ClO2. The van der Waals surface area contributed by atoms with Gasteiger partial charge in [-0.1, -0.05) is 38.2 Å². The van der Waals surface area contributed by atoms with Crippen LogP contribution in [0, 0.1) is 0 Å². The fourth-order valence-electron chi connectivity index (χ4n) is 1.44. The van der Waals surface area contributed by atoms with Crippen molar-refractivity contribution in [2.75, 3.05) is 0 Å². The van der Waals surface area contributed by atoms with E-state index in [0.717, 1.165) is 32.1 Å². The summed E-state index contributed by atoms with van der Waals surface area (Å²) in [5.74, 6) is -0.689. The molecule has 2 nitrogen and oxygen atoms in total. The van der Waals surface area contributed by atoms with Gasteiger partial charge < -0.3 is 5.11 Å². The number of hydrogen-bond acceptors (Lipinski definition) is 1. The number of rotatable bonds is 10. The van der Waals surface area contributed by atoms with Gasteiger partial charge in [0.25, 0.3) is 0 Å². The summed E-state index contributed by atoms with van der Waals surface area (Å²) >= 11 is 5.88. The van der Waals surface area contributed by atoms with Crippen LogP contribution in [0.3, 0.4) is 0 Å². The van der Waals surface area contributed by atoms with E-state index >= 15 is 0 Å². The maximum Gasteiger partial charge on any atom is 0.303 e. The average Bonchev–Trinajstić information content (AvgIpc) is 2.21. The van der Waals surface area contributed by atoms with Crippen molar-refractivity contribution in [1.29, 1.82) is 0 Å². The minimum absolute atomic E-state index is 0.108. The van der Waals surface area contributed by atoms with E-state index in [9.17, 15) is 4.79 Å². The Bertz CT molecular complexity index is 180. The Labute approximate surface area is 97.3 Å². The van der Waals surface area contributed by atoms with Crippen LogP contribution in [0.2, 0.25) is 0 Å². The summed E-state index contributed by atoms with van der Waals surface area (Å²) in [6, 6.07) is 0. The van der Waals surface area contributed by atoms with Crippen LogP contribution >= 0.6 is 11.6 Å². The molecule has 15 heavy (non-hydrogen) atoms. The number of halogens is 1. The van der Waals surface area contributed by atoms with Gasteiger partial charge in [-0.2, -0.15) is 0 Å². The quantitative estimate of drug-likeness (QED) is 0.351. The molecule has 0 spiro atoms. The van der Waals surface area contributed by atoms with Crippen LogP contribution in [0.15, 0.2) is 12.7 Å². The zero-order chi connectivity index (χ0) is 11.5. The number of carboxylic acids is 1. The summed E-state index contributed by atoms with van der Waals surface area (Å²) in [6.07, 6.45) is 9.55. The number of alkyl halides is 1. The summed E-state index contributed by atoms with van der Waals surface area (Å²) in [7, 11) is 0. The summed E-state index contributed by atoms with van der Waals surface area (Å²) < 4.78 is 0. The Morgan fingerprint density at radius 3 is 2.27 bits per heavy atom. The number of carbonyl (C=O) groups is 1. The summed E-state index contributed by atoms with van der Waals surface area (Å²) in [4.78, 5) is 10.2. The summed E-state index contributed by atoms with van der Waals surface area (Å²) in [6.45, 7) is 3.63. The van der Waals surface area contributed by atoms with Crippen LogP contribution in [0.5, 0.6) is 0 Å². The highest BCUT2D eigenvalue weighted by atomic mass is 35.5. The maximum atomic E-state index is 10.2. The standard InChI is InChI=1S/C12H21ClO2/c1-2-11(13)9-7-5-3-4-6-8-10-12(14)15/h2,11H,1,3-10H2,(H,14,15). The van der Waals surface area contributed by atoms with Gasteiger partial charge in [-0.15, -0.1) is 18.2 Å². The van der Waals surface area contributed by atoms with E-state index in [1.54, 1.807) is 6.08 Å². The molecule has 0 bridgehead atoms. The lowest BCUT2D eigenvalue weighted by atomic mass is 10.1. The van der Waals surface area contributed by atoms with Gasteiger partial charge in [-0.05, 0) is 12.8 Å². The van der Waals surface area contributed by atoms with E-state index < -0.39 is 5.97 Å². The molecule has 0 aromatic carbocycles. The minimum Gasteiger partial charge on any atom is -0.481 e. The SMILES string of the molecule is C=CC(Cl)CCCCCCCCC(=O)O. The van der Waals surface area contributed by atoms with Crippen molar-refractivity contribution in [3.05, 3.63) is 12.7 Å². The molecule has 1 N–H and O–H groups in total. The Morgan fingerprint density at radius 1 is 1.20 bits per heavy atom. The molecule has 0 aliphatic rings. The maximum absolute atomic E-state index is 10.2. The predicted octanol–water partition coefficient (Wildman–Crippen LogP) is 3.99. The van der Waals surface area contributed by atoms with Crippen molar-refractivity contribution in [2.24, 2.45) is 0 Å². The molecule has 1 atom stereocenters. The highest BCUT2D eigenvalue weighted by molar-refractivity contribution is 6.21. The first-order chi connectivity index (χ1) is 7.16. The molecule has 0 fully saturated rings. The third-order valence-corrected chi connectivity index (χ3v) is 2.77. The van der Waals surface area contributed by atoms with Crippen molar-refractivity contribution >= 4 is 17.6 Å². The molecule has 0 radical (unpaired) electrons. The summed E-state index contributed by atoms with van der Waals surface area (Å²) in [5.41, 5.74) is 0. The van der Waals surface area contributed by atoms with Gasteiger partial charge in [0.15, 0.2) is 0 Å². The molecule has 0 saturated heterocycles. The number of hydrogen-bond donors (Lipinski definition) is 1. The van der Waals surface area contributed by atoms with Gasteiger partial charge in [0.05, 0.1) is 5.38 Å². The van der Waals surface area contributed by atoms with E-state index in [1.165, 1.54) is 12.8 Å². The lowest BCUT2D eigenvalue weighted by Gasteiger charge is -2.03. The lowest BCUT2D eigenvalue weighted by molar-refractivity contribution is -0.137. The van der Waals surface area contributed by atoms with Gasteiger partial charge in [-0.3, -0.25) is 4.79 Å². The van der Waals surface area contributed by atoms with Gasteiger partial charge >= 0.3 is 5.97 Å². The number of unbranched alkanes of at least 4 members (excludes halogenated alkanes) is 5. The fraction of sp³-hybridized carbons (Fsp3) is 0.750. The second-order valence-corrected chi connectivity index (χ2v) is 4.37. The number of aliphatic carboxylic acids is 1. The Balaban J connectivity index is 3.05. The zero-order valence-electron chi connectivity index (χ0n) is 9.25. The molecule has 0 aromatic heterocycles. The number of allylic oxidation sites excluding steroid dienone is 1. The van der Waals surface area contributed by atoms with Gasteiger partial charge in [0, 0.05) is 6.42 Å². The van der Waals surface area contributed by atoms with E-state index in [0.29, 0.717) is 6.42 Å². The molecule has 88 valence electrons. The molecule has 0 amide bonds. The second-order valence-electron chi connectivity index (χ2n) is 3.81. The monoisotopic (exact) mass is 232 g/mol. The minimum atomic E-state index is -0.689. The van der Waals surface area contributed by atoms with Crippen LogP contribution in [-0.2, 0) is 4.79 Å². The van der Waals surface area contributed by atoms with Gasteiger partial charge in [-0.25, -0.2) is 0 Å². The molecule has 0 heterocycles. The van der Waals surface area contributed by atoms with E-state index in [4.69, 9.17) is 16.7 Å². The first kappa shape index (κ1) is 14.5. The van der Waals surface area contributed by atoms with Crippen molar-refractivity contribution in [3.63, 3.8) is 0 Å². The normalized spacial score (nSPS) is 12.3. The van der Waals surface area contributed by atoms with Gasteiger partial charge in [0.1, 0.15) is 0 Å². The summed E-state index contributed by atoms with van der Waals surface area (Å²) in [5, 5.41) is 8.53. The second kappa shape index (κ2) is 10.0. The van der Waals surface area contributed by atoms with E-state index in [-0.39, 0.29) is 5.38 Å². The highest BCUT2D eigenvalue weighted by Crippen LogP contribution is 2.12. The lowest BCUT2D eigenvalue weighted by Crippen LogP contribution is -1.94. The Hall–Kier alpha value is -0.500. The van der Waals surface area contributed by atoms with Crippen LogP contribution in [0.25, 0.3) is 0 Å². The third-order valence-electron chi connectivity index (χ3n) is 2.38. The van der Waals surface area contributed by atoms with Crippen LogP contribution in [0.1, 0.15) is 51.4 Å². The Kier molecular flexibility index (Phi) is 9.70. The van der Waals surface area contributed by atoms with Crippen molar-refractivity contribution in [2.45, 2.75) is 56.7 Å². The molecule has 0 aliphatic carbocycles. The zero-order valence-corrected chi connectivity index (χ0v) is 10.0. The molecule has 0 aromatic rings. The molecule has 0 rings (SSSR count). The number of carboxylic acid groups (broad SMARTS) is 1. The predicted molar refractivity (Wildman–Crippen MR) is 64.4 cm³/mol. The smallest absolute Gasteiger partial charge is 0.303 e. The van der Waals surface area contributed by atoms with Crippen LogP contribution in [-0.4, -0.2) is 16.5 Å². The fourth-order valence-corrected chi connectivity index (χ4v) is 1.59. The van der Waals surface area contributed by atoms with Crippen LogP contribution < -0.4 is 0 Å². The largest absolute Gasteiger partial charge is 0.481 e. The molecular weight excluding hydrogens is 212 g/mol. The first-order valence-electron chi connectivity index (χ1n) is 5.65. The first-order valence-corrected chi connectivity index (χ1v) is 6.09. The van der Waals surface area contributed by atoms with E-state index in [2.05, 4.69) is 6.58 Å². The van der Waals surface area contributed by atoms with E-state index in [1.807, 2.05) is 0 Å².